The molecule has 0 spiro atoms. The number of quaternary nitrogens is 1. The molecule has 4 nitrogen and oxygen atoms in total. The lowest BCUT2D eigenvalue weighted by atomic mass is 9.91. The van der Waals surface area contributed by atoms with E-state index in [1.54, 1.807) is 7.11 Å². The van der Waals surface area contributed by atoms with Gasteiger partial charge in [0.2, 0.25) is 0 Å². The van der Waals surface area contributed by atoms with Gasteiger partial charge in [0.25, 0.3) is 5.91 Å². The van der Waals surface area contributed by atoms with Crippen molar-refractivity contribution in [2.45, 2.75) is 40.2 Å². The maximum Gasteiger partial charge on any atom is 0.282 e. The van der Waals surface area contributed by atoms with E-state index in [4.69, 9.17) is 4.74 Å². The highest BCUT2D eigenvalue weighted by molar-refractivity contribution is 5.95. The van der Waals surface area contributed by atoms with E-state index in [0.29, 0.717) is 17.6 Å². The van der Waals surface area contributed by atoms with Gasteiger partial charge in [0.05, 0.1) is 25.9 Å². The average molecular weight is 305 g/mol. The molecule has 1 amide bonds. The maximum absolute atomic E-state index is 12.6. The van der Waals surface area contributed by atoms with Crippen LogP contribution in [0.25, 0.3) is 0 Å². The number of ether oxygens (including phenoxy) is 1. The summed E-state index contributed by atoms with van der Waals surface area (Å²) in [5.74, 6) is 2.15. The first kappa shape index (κ1) is 16.8. The highest BCUT2D eigenvalue weighted by atomic mass is 16.5. The number of anilines is 1. The molecule has 0 radical (unpaired) electrons. The van der Waals surface area contributed by atoms with Crippen molar-refractivity contribution in [1.82, 2.24) is 0 Å². The molecule has 1 saturated heterocycles. The van der Waals surface area contributed by atoms with Crippen LogP contribution in [0.3, 0.4) is 0 Å². The van der Waals surface area contributed by atoms with Crippen molar-refractivity contribution in [3.63, 3.8) is 0 Å². The van der Waals surface area contributed by atoms with E-state index in [2.05, 4.69) is 19.2 Å². The second-order valence-electron chi connectivity index (χ2n) is 6.93. The molecule has 1 aromatic carbocycles. The van der Waals surface area contributed by atoms with Gasteiger partial charge in [-0.1, -0.05) is 19.9 Å². The molecule has 122 valence electrons. The molecular formula is C18H29N2O2+. The number of likely N-dealkylation sites (tertiary alicyclic amines) is 1. The van der Waals surface area contributed by atoms with Crippen LogP contribution < -0.4 is 15.0 Å². The summed E-state index contributed by atoms with van der Waals surface area (Å²) in [6.45, 7) is 10.7. The second kappa shape index (κ2) is 7.14. The van der Waals surface area contributed by atoms with Gasteiger partial charge in [-0.25, -0.2) is 0 Å². The minimum absolute atomic E-state index is 0.0459. The van der Waals surface area contributed by atoms with Gasteiger partial charge in [-0.3, -0.25) is 4.79 Å². The molecule has 0 aliphatic carbocycles. The predicted molar refractivity (Wildman–Crippen MR) is 89.5 cm³/mol. The molecule has 0 bridgehead atoms. The SMILES string of the molecule is COc1ccc(C)cc1NC(=O)[C@H](C)[NH+]1C[C@@H](C)C[C@H](C)C1. The zero-order valence-corrected chi connectivity index (χ0v) is 14.4. The van der Waals surface area contributed by atoms with Crippen molar-refractivity contribution in [3.05, 3.63) is 23.8 Å². The number of benzene rings is 1. The van der Waals surface area contributed by atoms with Crippen LogP contribution in [0.1, 0.15) is 32.8 Å². The number of aryl methyl sites for hydroxylation is 1. The fourth-order valence-electron chi connectivity index (χ4n) is 3.53. The zero-order valence-electron chi connectivity index (χ0n) is 14.4. The van der Waals surface area contributed by atoms with Crippen molar-refractivity contribution in [3.8, 4) is 5.75 Å². The molecule has 0 unspecified atom stereocenters. The number of carbonyl (C=O) groups excluding carboxylic acids is 1. The van der Waals surface area contributed by atoms with Gasteiger partial charge in [0.1, 0.15) is 5.75 Å². The number of nitrogens with one attached hydrogen (secondary N) is 2. The molecule has 0 aromatic heterocycles. The van der Waals surface area contributed by atoms with E-state index in [1.807, 2.05) is 32.0 Å². The molecule has 0 saturated carbocycles. The Kier molecular flexibility index (Phi) is 5.46. The van der Waals surface area contributed by atoms with Crippen molar-refractivity contribution in [1.29, 1.82) is 0 Å². The summed E-state index contributed by atoms with van der Waals surface area (Å²) >= 11 is 0. The Hall–Kier alpha value is -1.55. The van der Waals surface area contributed by atoms with Gasteiger partial charge in [-0.2, -0.15) is 0 Å². The van der Waals surface area contributed by atoms with E-state index in [0.717, 1.165) is 24.3 Å². The number of rotatable bonds is 4. The van der Waals surface area contributed by atoms with Crippen LogP contribution in [0.2, 0.25) is 0 Å². The largest absolute Gasteiger partial charge is 0.495 e. The first-order valence-corrected chi connectivity index (χ1v) is 8.20. The number of methoxy groups -OCH3 is 1. The molecule has 1 aromatic rings. The molecule has 4 heteroatoms. The van der Waals surface area contributed by atoms with Crippen LogP contribution in [-0.4, -0.2) is 32.1 Å². The number of piperidine rings is 1. The minimum atomic E-state index is -0.0459. The third-order valence-electron chi connectivity index (χ3n) is 4.64. The Bertz CT molecular complexity index is 520. The van der Waals surface area contributed by atoms with Crippen LogP contribution >= 0.6 is 0 Å². The highest BCUT2D eigenvalue weighted by Crippen LogP contribution is 2.25. The predicted octanol–water partition coefficient (Wildman–Crippen LogP) is 1.89. The Balaban J connectivity index is 2.07. The summed E-state index contributed by atoms with van der Waals surface area (Å²) in [5, 5.41) is 3.04. The summed E-state index contributed by atoms with van der Waals surface area (Å²) < 4.78 is 5.34. The van der Waals surface area contributed by atoms with Crippen LogP contribution in [0.15, 0.2) is 18.2 Å². The summed E-state index contributed by atoms with van der Waals surface area (Å²) in [4.78, 5) is 14.0. The molecule has 2 rings (SSSR count). The molecule has 1 aliphatic rings. The number of hydrogen-bond acceptors (Lipinski definition) is 2. The monoisotopic (exact) mass is 305 g/mol. The number of hydrogen-bond donors (Lipinski definition) is 2. The molecule has 2 N–H and O–H groups in total. The van der Waals surface area contributed by atoms with Crippen molar-refractivity contribution < 1.29 is 14.4 Å². The Morgan fingerprint density at radius 2 is 1.95 bits per heavy atom. The molecule has 22 heavy (non-hydrogen) atoms. The van der Waals surface area contributed by atoms with Crippen LogP contribution in [-0.2, 0) is 4.79 Å². The van der Waals surface area contributed by atoms with E-state index < -0.39 is 0 Å². The maximum atomic E-state index is 12.6. The molecular weight excluding hydrogens is 276 g/mol. The van der Waals surface area contributed by atoms with Gasteiger partial charge >= 0.3 is 0 Å². The Morgan fingerprint density at radius 3 is 2.55 bits per heavy atom. The summed E-state index contributed by atoms with van der Waals surface area (Å²) in [6, 6.07) is 5.79. The average Bonchev–Trinajstić information content (AvgIpc) is 2.45. The lowest BCUT2D eigenvalue weighted by Crippen LogP contribution is -3.18. The molecule has 1 heterocycles. The summed E-state index contributed by atoms with van der Waals surface area (Å²) in [6.07, 6.45) is 1.27. The minimum Gasteiger partial charge on any atom is -0.495 e. The van der Waals surface area contributed by atoms with Gasteiger partial charge in [-0.15, -0.1) is 0 Å². The van der Waals surface area contributed by atoms with Gasteiger partial charge in [0.15, 0.2) is 6.04 Å². The van der Waals surface area contributed by atoms with Gasteiger partial charge < -0.3 is 15.0 Å². The Labute approximate surface area is 133 Å². The normalized spacial score (nSPS) is 26.3. The fraction of sp³-hybridized carbons (Fsp3) is 0.611. The van der Waals surface area contributed by atoms with Crippen molar-refractivity contribution in [2.24, 2.45) is 11.8 Å². The summed E-state index contributed by atoms with van der Waals surface area (Å²) in [7, 11) is 1.63. The van der Waals surface area contributed by atoms with Crippen LogP contribution in [0.4, 0.5) is 5.69 Å². The van der Waals surface area contributed by atoms with E-state index >= 15 is 0 Å². The lowest BCUT2D eigenvalue weighted by molar-refractivity contribution is -0.925. The second-order valence-corrected chi connectivity index (χ2v) is 6.93. The highest BCUT2D eigenvalue weighted by Gasteiger charge is 2.32. The fourth-order valence-corrected chi connectivity index (χ4v) is 3.53. The van der Waals surface area contributed by atoms with E-state index in [9.17, 15) is 4.79 Å². The van der Waals surface area contributed by atoms with E-state index in [-0.39, 0.29) is 11.9 Å². The Morgan fingerprint density at radius 1 is 1.32 bits per heavy atom. The summed E-state index contributed by atoms with van der Waals surface area (Å²) in [5.41, 5.74) is 1.87. The van der Waals surface area contributed by atoms with Crippen molar-refractivity contribution >= 4 is 11.6 Å². The van der Waals surface area contributed by atoms with Crippen LogP contribution in [0.5, 0.6) is 5.75 Å². The number of amides is 1. The zero-order chi connectivity index (χ0) is 16.3. The first-order valence-electron chi connectivity index (χ1n) is 8.20. The van der Waals surface area contributed by atoms with Gasteiger partial charge in [0, 0.05) is 11.8 Å². The smallest absolute Gasteiger partial charge is 0.282 e. The molecule has 1 fully saturated rings. The first-order chi connectivity index (χ1) is 10.4. The molecule has 1 aliphatic heterocycles. The topological polar surface area (TPSA) is 42.8 Å². The molecule has 3 atom stereocenters. The van der Waals surface area contributed by atoms with Crippen LogP contribution in [0, 0.1) is 18.8 Å². The lowest BCUT2D eigenvalue weighted by Gasteiger charge is -2.35. The third kappa shape index (κ3) is 4.01. The quantitative estimate of drug-likeness (QED) is 0.892. The number of carbonyl (C=O) groups is 1. The third-order valence-corrected chi connectivity index (χ3v) is 4.64. The van der Waals surface area contributed by atoms with E-state index in [1.165, 1.54) is 11.3 Å². The van der Waals surface area contributed by atoms with Crippen molar-refractivity contribution in [2.75, 3.05) is 25.5 Å². The standard InChI is InChI=1S/C18H28N2O2/c1-12-6-7-17(22-5)16(9-12)19-18(21)15(4)20-10-13(2)8-14(3)11-20/h6-7,9,13-15H,8,10-11H2,1-5H3,(H,19,21)/p+1/t13-,14-,15-/m0/s1. The van der Waals surface area contributed by atoms with Gasteiger partial charge in [-0.05, 0) is 38.0 Å².